The smallest absolute Gasteiger partial charge is 0.415 e. The van der Waals surface area contributed by atoms with Crippen molar-refractivity contribution in [1.82, 2.24) is 16.0 Å². The first kappa shape index (κ1) is 43.9. The molecule has 11 heteroatoms. The number of benzene rings is 3. The minimum atomic E-state index is -1.07. The number of unbranched alkanes of at least 4 members (excludes halogenated alkanes) is 1. The molecular formula is C43H62N4O7. The van der Waals surface area contributed by atoms with Crippen molar-refractivity contribution in [1.29, 1.82) is 0 Å². The molecule has 0 saturated heterocycles. The van der Waals surface area contributed by atoms with Crippen LogP contribution in [0.5, 0.6) is 0 Å². The lowest BCUT2D eigenvalue weighted by atomic mass is 9.89. The number of hydrogen-bond acceptors (Lipinski definition) is 7. The molecule has 0 aliphatic carbocycles. The Morgan fingerprint density at radius 2 is 1.44 bits per heavy atom. The molecule has 0 heterocycles. The van der Waals surface area contributed by atoms with E-state index in [1.165, 1.54) is 4.90 Å². The van der Waals surface area contributed by atoms with Gasteiger partial charge in [0.25, 0.3) is 0 Å². The fraction of sp³-hybridized carbons (Fsp3) is 0.535. The predicted octanol–water partition coefficient (Wildman–Crippen LogP) is 6.49. The van der Waals surface area contributed by atoms with Gasteiger partial charge < -0.3 is 30.9 Å². The molecule has 0 spiro atoms. The largest absolute Gasteiger partial charge is 0.444 e. The minimum absolute atomic E-state index is 0.0105. The van der Waals surface area contributed by atoms with E-state index in [2.05, 4.69) is 16.0 Å². The van der Waals surface area contributed by atoms with Gasteiger partial charge in [-0.05, 0) is 67.9 Å². The molecule has 0 saturated carbocycles. The molecule has 3 rings (SSSR count). The summed E-state index contributed by atoms with van der Waals surface area (Å²) in [5.74, 6) is -1.37. The third kappa shape index (κ3) is 13.7. The Balaban J connectivity index is 1.86. The Morgan fingerprint density at radius 1 is 0.759 bits per heavy atom. The molecule has 3 aromatic rings. The monoisotopic (exact) mass is 746 g/mol. The summed E-state index contributed by atoms with van der Waals surface area (Å²) in [4.78, 5) is 56.4. The normalized spacial score (nSPS) is 14.2. The van der Waals surface area contributed by atoms with E-state index in [0.717, 1.165) is 22.8 Å². The van der Waals surface area contributed by atoms with Crippen LogP contribution < -0.4 is 20.9 Å². The molecule has 54 heavy (non-hydrogen) atoms. The maximum Gasteiger partial charge on any atom is 0.415 e. The van der Waals surface area contributed by atoms with Crippen LogP contribution >= 0.6 is 0 Å². The maximum absolute atomic E-state index is 14.1. The zero-order valence-corrected chi connectivity index (χ0v) is 32.9. The molecule has 0 aliphatic heterocycles. The number of carbonyl (C=O) groups is 4. The van der Waals surface area contributed by atoms with Gasteiger partial charge in [0.05, 0.1) is 17.8 Å². The van der Waals surface area contributed by atoms with Gasteiger partial charge in [-0.2, -0.15) is 0 Å². The van der Waals surface area contributed by atoms with Crippen molar-refractivity contribution in [3.63, 3.8) is 0 Å². The van der Waals surface area contributed by atoms with Gasteiger partial charge in [-0.1, -0.05) is 114 Å². The molecular weight excluding hydrogens is 684 g/mol. The number of nitrogens with zero attached hydrogens (tertiary/aromatic N) is 1. The first-order valence-electron chi connectivity index (χ1n) is 19.5. The lowest BCUT2D eigenvalue weighted by molar-refractivity contribution is -0.131. The van der Waals surface area contributed by atoms with E-state index in [0.29, 0.717) is 44.3 Å². The van der Waals surface area contributed by atoms with E-state index in [9.17, 15) is 29.4 Å². The van der Waals surface area contributed by atoms with E-state index in [1.54, 1.807) is 13.0 Å². The Hall–Kier alpha value is -4.48. The molecule has 0 radical (unpaired) electrons. The van der Waals surface area contributed by atoms with Gasteiger partial charge in [0, 0.05) is 24.5 Å². The number of ether oxygens (including phenoxy) is 1. The summed E-state index contributed by atoms with van der Waals surface area (Å²) in [5, 5.41) is 31.5. The van der Waals surface area contributed by atoms with Crippen LogP contribution in [0.2, 0.25) is 0 Å². The van der Waals surface area contributed by atoms with E-state index in [4.69, 9.17) is 4.74 Å². The molecule has 3 aromatic carbocycles. The summed E-state index contributed by atoms with van der Waals surface area (Å²) in [6.45, 7) is 12.0. The average Bonchev–Trinajstić information content (AvgIpc) is 3.16. The zero-order valence-electron chi connectivity index (χ0n) is 32.9. The van der Waals surface area contributed by atoms with Gasteiger partial charge in [0.15, 0.2) is 0 Å². The second kappa shape index (κ2) is 22.7. The molecule has 5 atom stereocenters. The van der Waals surface area contributed by atoms with Crippen LogP contribution in [0.4, 0.5) is 10.5 Å². The molecule has 11 nitrogen and oxygen atoms in total. The van der Waals surface area contributed by atoms with Crippen LogP contribution in [0.15, 0.2) is 72.8 Å². The molecule has 296 valence electrons. The fourth-order valence-electron chi connectivity index (χ4n) is 6.46. The van der Waals surface area contributed by atoms with Crippen LogP contribution in [0.25, 0.3) is 10.8 Å². The Kier molecular flexibility index (Phi) is 18.4. The summed E-state index contributed by atoms with van der Waals surface area (Å²) in [5.41, 5.74) is 1.29. The predicted molar refractivity (Wildman–Crippen MR) is 214 cm³/mol. The lowest BCUT2D eigenvalue weighted by Gasteiger charge is -2.32. The van der Waals surface area contributed by atoms with E-state index in [-0.39, 0.29) is 37.4 Å². The number of aliphatic hydroxyl groups is 2. The molecule has 0 bridgehead atoms. The van der Waals surface area contributed by atoms with Crippen LogP contribution in [-0.2, 0) is 25.7 Å². The zero-order chi connectivity index (χ0) is 39.6. The number of carbonyl (C=O) groups excluding carboxylic acids is 4. The topological polar surface area (TPSA) is 157 Å². The SMILES string of the molecule is CCCC[C@H](NC(=O)[C@H](C)N(C(=O)OCc1ccccc1)c1cccc2ccccc12)C(=O)N[C@@H](CC(C)C)[C@@H](O)CC(CCCO)C(=O)NCC(C)C. The van der Waals surface area contributed by atoms with Crippen LogP contribution in [0.3, 0.4) is 0 Å². The number of aliphatic hydroxyl groups excluding tert-OH is 2. The van der Waals surface area contributed by atoms with E-state index >= 15 is 0 Å². The second-order valence-electron chi connectivity index (χ2n) is 15.0. The summed E-state index contributed by atoms with van der Waals surface area (Å²) in [6, 6.07) is 19.7. The van der Waals surface area contributed by atoms with Crippen LogP contribution in [0, 0.1) is 17.8 Å². The number of rotatable bonds is 22. The summed E-state index contributed by atoms with van der Waals surface area (Å²) >= 11 is 0. The third-order valence-corrected chi connectivity index (χ3v) is 9.48. The van der Waals surface area contributed by atoms with Crippen molar-refractivity contribution in [2.75, 3.05) is 18.1 Å². The van der Waals surface area contributed by atoms with E-state index in [1.807, 2.05) is 101 Å². The number of hydrogen-bond donors (Lipinski definition) is 5. The van der Waals surface area contributed by atoms with Crippen molar-refractivity contribution in [3.05, 3.63) is 78.4 Å². The van der Waals surface area contributed by atoms with Gasteiger partial charge in [-0.3, -0.25) is 19.3 Å². The number of anilines is 1. The van der Waals surface area contributed by atoms with Crippen molar-refractivity contribution in [3.8, 4) is 0 Å². The maximum atomic E-state index is 14.1. The first-order valence-corrected chi connectivity index (χ1v) is 19.5. The summed E-state index contributed by atoms with van der Waals surface area (Å²) < 4.78 is 5.76. The Bertz CT molecular complexity index is 1610. The van der Waals surface area contributed by atoms with Crippen LogP contribution in [0.1, 0.15) is 92.1 Å². The molecule has 1 unspecified atom stereocenters. The lowest BCUT2D eigenvalue weighted by Crippen LogP contribution is -2.56. The highest BCUT2D eigenvalue weighted by Crippen LogP contribution is 2.29. The standard InChI is InChI=1S/C43H62N4O7/c1-7-8-22-36(42(52)46-37(25-29(2)3)39(49)26-34(20-15-24-48)41(51)44-27-30(4)5)45-40(50)31(6)47(43(53)54-28-32-16-10-9-11-17-32)38-23-14-19-33-18-12-13-21-35(33)38/h9-14,16-19,21,23,29-31,34,36-37,39,48-49H,7-8,15,20,22,24-28H2,1-6H3,(H,44,51)(H,45,50)(H,46,52)/t31-,34?,36-,37-,39-/m0/s1. The summed E-state index contributed by atoms with van der Waals surface area (Å²) in [6.07, 6.45) is 1.37. The van der Waals surface area contributed by atoms with Crippen molar-refractivity contribution < 1.29 is 34.1 Å². The van der Waals surface area contributed by atoms with E-state index < -0.39 is 48.1 Å². The highest BCUT2D eigenvalue weighted by molar-refractivity contribution is 6.05. The van der Waals surface area contributed by atoms with Crippen molar-refractivity contribution in [2.45, 2.75) is 117 Å². The number of amides is 4. The minimum Gasteiger partial charge on any atom is -0.444 e. The second-order valence-corrected chi connectivity index (χ2v) is 15.0. The highest BCUT2D eigenvalue weighted by Gasteiger charge is 2.34. The highest BCUT2D eigenvalue weighted by atomic mass is 16.6. The molecule has 0 fully saturated rings. The quantitative estimate of drug-likeness (QED) is 0.0787. The number of fused-ring (bicyclic) bond motifs is 1. The third-order valence-electron chi connectivity index (χ3n) is 9.48. The molecule has 4 amide bonds. The molecule has 5 N–H and O–H groups in total. The van der Waals surface area contributed by atoms with Gasteiger partial charge in [-0.15, -0.1) is 0 Å². The van der Waals surface area contributed by atoms with Crippen molar-refractivity contribution in [2.24, 2.45) is 17.8 Å². The number of nitrogens with one attached hydrogen (secondary N) is 3. The Morgan fingerprint density at radius 3 is 2.11 bits per heavy atom. The van der Waals surface area contributed by atoms with Crippen LogP contribution in [-0.4, -0.2) is 71.4 Å². The van der Waals surface area contributed by atoms with Crippen molar-refractivity contribution >= 4 is 40.3 Å². The summed E-state index contributed by atoms with van der Waals surface area (Å²) in [7, 11) is 0. The fourth-order valence-corrected chi connectivity index (χ4v) is 6.46. The Labute approximate surface area is 321 Å². The molecule has 0 aromatic heterocycles. The first-order chi connectivity index (χ1) is 25.9. The van der Waals surface area contributed by atoms with Gasteiger partial charge in [-0.25, -0.2) is 4.79 Å². The van der Waals surface area contributed by atoms with Gasteiger partial charge >= 0.3 is 6.09 Å². The molecule has 0 aliphatic rings. The van der Waals surface area contributed by atoms with Gasteiger partial charge in [0.1, 0.15) is 18.7 Å². The average molecular weight is 747 g/mol. The van der Waals surface area contributed by atoms with Gasteiger partial charge in [0.2, 0.25) is 17.7 Å².